The molecule has 4 rings (SSSR count). The lowest BCUT2D eigenvalue weighted by atomic mass is 10.1. The van der Waals surface area contributed by atoms with E-state index in [9.17, 15) is 19.5 Å². The van der Waals surface area contributed by atoms with Crippen molar-refractivity contribution < 1.29 is 23.9 Å². The number of carbonyl (C=O) groups excluding carboxylic acids is 2. The molecule has 0 aliphatic carbocycles. The molecule has 3 aromatic carbocycles. The molecule has 0 spiro atoms. The number of thioether (sulfide) groups is 1. The Bertz CT molecular complexity index is 1360. The van der Waals surface area contributed by atoms with E-state index >= 15 is 0 Å². The van der Waals surface area contributed by atoms with Crippen LogP contribution in [-0.4, -0.2) is 22.9 Å². The molecule has 0 radical (unpaired) electrons. The molecule has 0 bridgehead atoms. The van der Waals surface area contributed by atoms with Crippen LogP contribution in [0.3, 0.4) is 0 Å². The number of carboxylic acid groups (broad SMARTS) is 1. The quantitative estimate of drug-likeness (QED) is 0.240. The van der Waals surface area contributed by atoms with E-state index in [4.69, 9.17) is 16.0 Å². The van der Waals surface area contributed by atoms with Crippen LogP contribution in [0.15, 0.2) is 101 Å². The molecule has 1 unspecified atom stereocenters. The van der Waals surface area contributed by atoms with Gasteiger partial charge in [-0.3, -0.25) is 9.59 Å². The molecule has 0 aliphatic rings. The molecule has 0 saturated carbocycles. The van der Waals surface area contributed by atoms with Crippen LogP contribution in [0.2, 0.25) is 5.02 Å². The van der Waals surface area contributed by atoms with Crippen molar-refractivity contribution in [3.8, 4) is 0 Å². The molecule has 0 fully saturated rings. The molecule has 7 nitrogen and oxygen atoms in total. The van der Waals surface area contributed by atoms with Crippen LogP contribution in [0, 0.1) is 0 Å². The first-order valence-electron chi connectivity index (χ1n) is 10.4. The fourth-order valence-electron chi connectivity index (χ4n) is 3.26. The van der Waals surface area contributed by atoms with E-state index in [0.29, 0.717) is 11.4 Å². The minimum atomic E-state index is -1.19. The average molecular weight is 507 g/mol. The van der Waals surface area contributed by atoms with Crippen molar-refractivity contribution in [2.45, 2.75) is 10.1 Å². The van der Waals surface area contributed by atoms with Crippen LogP contribution in [0.5, 0.6) is 0 Å². The lowest BCUT2D eigenvalue weighted by Crippen LogP contribution is -2.19. The second-order valence-corrected chi connectivity index (χ2v) is 8.94. The SMILES string of the molecule is O=C(Nc1cccc(SC(C(=O)Nc2ccc(Cl)c(C(=O)O)c2)c2ccccc2)c1)c1ccco1. The van der Waals surface area contributed by atoms with Crippen molar-refractivity contribution in [1.29, 1.82) is 0 Å². The van der Waals surface area contributed by atoms with Crippen molar-refractivity contribution in [2.24, 2.45) is 0 Å². The lowest BCUT2D eigenvalue weighted by Gasteiger charge is -2.18. The Hall–Kier alpha value is -4.01. The van der Waals surface area contributed by atoms with Gasteiger partial charge in [-0.15, -0.1) is 11.8 Å². The second kappa shape index (κ2) is 10.9. The van der Waals surface area contributed by atoms with Gasteiger partial charge in [0, 0.05) is 16.3 Å². The highest BCUT2D eigenvalue weighted by molar-refractivity contribution is 8.00. The summed E-state index contributed by atoms with van der Waals surface area (Å²) in [6.45, 7) is 0. The average Bonchev–Trinajstić information content (AvgIpc) is 3.40. The topological polar surface area (TPSA) is 109 Å². The fourth-order valence-corrected chi connectivity index (χ4v) is 4.54. The molecule has 35 heavy (non-hydrogen) atoms. The van der Waals surface area contributed by atoms with E-state index in [2.05, 4.69) is 10.6 Å². The zero-order valence-corrected chi connectivity index (χ0v) is 19.7. The molecule has 2 amide bonds. The van der Waals surface area contributed by atoms with Gasteiger partial charge in [0.15, 0.2) is 5.76 Å². The van der Waals surface area contributed by atoms with Gasteiger partial charge in [-0.2, -0.15) is 0 Å². The predicted molar refractivity (Wildman–Crippen MR) is 135 cm³/mol. The summed E-state index contributed by atoms with van der Waals surface area (Å²) in [5, 5.41) is 14.3. The molecule has 9 heteroatoms. The third-order valence-electron chi connectivity index (χ3n) is 4.90. The van der Waals surface area contributed by atoms with Gasteiger partial charge in [0.25, 0.3) is 5.91 Å². The number of hydrogen-bond donors (Lipinski definition) is 3. The van der Waals surface area contributed by atoms with Gasteiger partial charge in [0.1, 0.15) is 5.25 Å². The normalized spacial score (nSPS) is 11.5. The molecule has 0 saturated heterocycles. The molecule has 0 aliphatic heterocycles. The highest BCUT2D eigenvalue weighted by Crippen LogP contribution is 2.37. The summed E-state index contributed by atoms with van der Waals surface area (Å²) < 4.78 is 5.12. The molecule has 1 aromatic heterocycles. The van der Waals surface area contributed by atoms with Crippen LogP contribution in [0.4, 0.5) is 11.4 Å². The van der Waals surface area contributed by atoms with Gasteiger partial charge in [-0.1, -0.05) is 48.0 Å². The maximum Gasteiger partial charge on any atom is 0.337 e. The number of hydrogen-bond acceptors (Lipinski definition) is 5. The maximum absolute atomic E-state index is 13.3. The fraction of sp³-hybridized carbons (Fsp3) is 0.0385. The smallest absolute Gasteiger partial charge is 0.337 e. The third kappa shape index (κ3) is 6.11. The molecule has 1 heterocycles. The monoisotopic (exact) mass is 506 g/mol. The number of nitrogens with one attached hydrogen (secondary N) is 2. The van der Waals surface area contributed by atoms with Crippen molar-refractivity contribution in [2.75, 3.05) is 10.6 Å². The summed E-state index contributed by atoms with van der Waals surface area (Å²) >= 11 is 7.24. The van der Waals surface area contributed by atoms with Crippen LogP contribution in [0.25, 0.3) is 0 Å². The predicted octanol–water partition coefficient (Wildman–Crippen LogP) is 6.36. The van der Waals surface area contributed by atoms with E-state index in [1.165, 1.54) is 30.2 Å². The van der Waals surface area contributed by atoms with E-state index in [1.54, 1.807) is 36.4 Å². The number of carboxylic acids is 1. The zero-order chi connectivity index (χ0) is 24.8. The third-order valence-corrected chi connectivity index (χ3v) is 6.47. The Morgan fingerprint density at radius 2 is 1.63 bits per heavy atom. The summed E-state index contributed by atoms with van der Waals surface area (Å²) in [5.41, 5.74) is 1.52. The van der Waals surface area contributed by atoms with E-state index in [-0.39, 0.29) is 28.2 Å². The molecule has 1 atom stereocenters. The van der Waals surface area contributed by atoms with Gasteiger partial charge in [0.05, 0.1) is 16.8 Å². The van der Waals surface area contributed by atoms with Gasteiger partial charge in [-0.05, 0) is 54.1 Å². The molecular weight excluding hydrogens is 488 g/mol. The Labute approximate surface area is 210 Å². The molecule has 176 valence electrons. The van der Waals surface area contributed by atoms with E-state index in [0.717, 1.165) is 10.5 Å². The first-order valence-corrected chi connectivity index (χ1v) is 11.7. The number of amides is 2. The zero-order valence-electron chi connectivity index (χ0n) is 18.1. The summed E-state index contributed by atoms with van der Waals surface area (Å²) in [5.74, 6) is -1.72. The molecule has 4 aromatic rings. The summed E-state index contributed by atoms with van der Waals surface area (Å²) in [6, 6.07) is 23.8. The first-order chi connectivity index (χ1) is 16.9. The summed E-state index contributed by atoms with van der Waals surface area (Å²) in [4.78, 5) is 37.8. The second-order valence-electron chi connectivity index (χ2n) is 7.36. The highest BCUT2D eigenvalue weighted by atomic mass is 35.5. The first kappa shape index (κ1) is 24.1. The number of halogens is 1. The van der Waals surface area contributed by atoms with Crippen LogP contribution in [0.1, 0.15) is 31.7 Å². The number of carbonyl (C=O) groups is 3. The number of aromatic carboxylic acids is 1. The molecular formula is C26H19ClN2O5S. The van der Waals surface area contributed by atoms with Crippen LogP contribution >= 0.6 is 23.4 Å². The number of rotatable bonds is 8. The lowest BCUT2D eigenvalue weighted by molar-refractivity contribution is -0.115. The summed E-state index contributed by atoms with van der Waals surface area (Å²) in [6.07, 6.45) is 1.42. The Morgan fingerprint density at radius 1 is 0.857 bits per heavy atom. The highest BCUT2D eigenvalue weighted by Gasteiger charge is 2.23. The minimum Gasteiger partial charge on any atom is -0.478 e. The molecule has 3 N–H and O–H groups in total. The largest absolute Gasteiger partial charge is 0.478 e. The number of benzene rings is 3. The number of furan rings is 1. The van der Waals surface area contributed by atoms with Crippen LogP contribution in [-0.2, 0) is 4.79 Å². The van der Waals surface area contributed by atoms with E-state index in [1.807, 2.05) is 36.4 Å². The van der Waals surface area contributed by atoms with Crippen molar-refractivity contribution in [3.63, 3.8) is 0 Å². The Kier molecular flexibility index (Phi) is 7.54. The minimum absolute atomic E-state index is 0.0814. The number of anilines is 2. The Morgan fingerprint density at radius 3 is 2.34 bits per heavy atom. The Balaban J connectivity index is 1.56. The van der Waals surface area contributed by atoms with Crippen molar-refractivity contribution in [1.82, 2.24) is 0 Å². The van der Waals surface area contributed by atoms with E-state index < -0.39 is 11.2 Å². The van der Waals surface area contributed by atoms with Crippen LogP contribution < -0.4 is 10.6 Å². The van der Waals surface area contributed by atoms with Gasteiger partial charge < -0.3 is 20.2 Å². The van der Waals surface area contributed by atoms with Gasteiger partial charge >= 0.3 is 5.97 Å². The van der Waals surface area contributed by atoms with Crippen molar-refractivity contribution >= 4 is 52.5 Å². The maximum atomic E-state index is 13.3. The van der Waals surface area contributed by atoms with Gasteiger partial charge in [0.2, 0.25) is 5.91 Å². The van der Waals surface area contributed by atoms with Gasteiger partial charge in [-0.25, -0.2) is 4.79 Å². The summed E-state index contributed by atoms with van der Waals surface area (Å²) in [7, 11) is 0. The standard InChI is InChI=1S/C26H19ClN2O5S/c27-21-12-11-18(15-20(21)26(32)33)29-25(31)23(16-6-2-1-3-7-16)35-19-9-4-8-17(14-19)28-24(30)22-10-5-13-34-22/h1-15,23H,(H,28,30)(H,29,31)(H,32,33). The van der Waals surface area contributed by atoms with Crippen molar-refractivity contribution in [3.05, 3.63) is 113 Å².